The molecule has 1 aliphatic carbocycles. The van der Waals surface area contributed by atoms with Crippen LogP contribution in [-0.4, -0.2) is 6.67 Å². The van der Waals surface area contributed by atoms with Gasteiger partial charge in [0.1, 0.15) is 0 Å². The van der Waals surface area contributed by atoms with Gasteiger partial charge in [0.05, 0.1) is 0 Å². The van der Waals surface area contributed by atoms with Crippen molar-refractivity contribution in [2.24, 2.45) is 28.7 Å². The molecular weight excluding hydrogens is 517 g/mol. The van der Waals surface area contributed by atoms with E-state index in [1.165, 1.54) is 32.1 Å². The van der Waals surface area contributed by atoms with Crippen molar-refractivity contribution in [2.75, 3.05) is 6.67 Å². The molecule has 0 unspecified atom stereocenters. The molecule has 5 nitrogen and oxygen atoms in total. The van der Waals surface area contributed by atoms with Crippen LogP contribution < -0.4 is 28.7 Å². The Kier molecular flexibility index (Phi) is 513. The zero-order valence-corrected chi connectivity index (χ0v) is 21.1. The monoisotopic (exact) mass is 565 g/mol. The first-order chi connectivity index (χ1) is 7.41. The number of hydrogen-bond donors (Lipinski definition) is 5. The Morgan fingerprint density at radius 3 is 0.826 bits per heavy atom. The van der Waals surface area contributed by atoms with E-state index in [2.05, 4.69) is 56.2 Å². The quantitative estimate of drug-likeness (QED) is 0.228. The molecule has 0 bridgehead atoms. The molecule has 0 amide bonds. The molecule has 1 saturated carbocycles. The van der Waals surface area contributed by atoms with Crippen LogP contribution in [0, 0.1) is 35.0 Å². The molecule has 3 radical (unpaired) electrons. The molecular formula is C15H48N5Y3-5. The fraction of sp³-hybridized carbons (Fsp3) is 0.667. The Bertz CT molecular complexity index is 52.9. The van der Waals surface area contributed by atoms with Crippen LogP contribution in [0.1, 0.15) is 61.8 Å². The smallest absolute Gasteiger partial charge is 0.0403 e. The van der Waals surface area contributed by atoms with Crippen LogP contribution in [0.4, 0.5) is 0 Å². The first-order valence-electron chi connectivity index (χ1n) is 4.86. The van der Waals surface area contributed by atoms with E-state index in [1.54, 1.807) is 0 Å². The third-order valence-electron chi connectivity index (χ3n) is 1.32. The Labute approximate surface area is 227 Å². The summed E-state index contributed by atoms with van der Waals surface area (Å²) in [5.41, 5.74) is 22.0. The van der Waals surface area contributed by atoms with Gasteiger partial charge in [-0.15, -0.1) is 0 Å². The summed E-state index contributed by atoms with van der Waals surface area (Å²) in [4.78, 5) is 0. The molecule has 0 spiro atoms. The van der Waals surface area contributed by atoms with E-state index >= 15 is 0 Å². The Hall–Kier alpha value is 3.11. The summed E-state index contributed by atoms with van der Waals surface area (Å²) < 4.78 is 0. The summed E-state index contributed by atoms with van der Waals surface area (Å²) in [5, 5.41) is 0. The third kappa shape index (κ3) is 162. The molecule has 0 aliphatic heterocycles. The second kappa shape index (κ2) is 143. The van der Waals surface area contributed by atoms with Crippen molar-refractivity contribution >= 4 is 0 Å². The van der Waals surface area contributed by atoms with E-state index in [9.17, 15) is 0 Å². The second-order valence-corrected chi connectivity index (χ2v) is 2.16. The van der Waals surface area contributed by atoms with Crippen LogP contribution in [0.5, 0.6) is 0 Å². The maximum atomic E-state index is 4.62. The van der Waals surface area contributed by atoms with Gasteiger partial charge in [0.2, 0.25) is 0 Å². The van der Waals surface area contributed by atoms with Crippen molar-refractivity contribution in [3.63, 3.8) is 0 Å². The van der Waals surface area contributed by atoms with Gasteiger partial charge in [-0.2, -0.15) is 12.8 Å². The number of rotatable bonds is 0. The SMILES string of the molecule is C.C.C.C.NCN.[CH-]1CCCCC1.[CH2-]N.[CH2-]N.[CH2-]N.[CH3-].[Y].[Y].[Y]. The summed E-state index contributed by atoms with van der Waals surface area (Å²) in [6.45, 7) is 0.250. The van der Waals surface area contributed by atoms with Crippen LogP contribution in [0.15, 0.2) is 0 Å². The Balaban J connectivity index is -0.00000000655. The summed E-state index contributed by atoms with van der Waals surface area (Å²) in [6, 6.07) is 0. The fourth-order valence-corrected chi connectivity index (χ4v) is 0.898. The molecule has 0 aromatic carbocycles. The van der Waals surface area contributed by atoms with E-state index in [0.717, 1.165) is 0 Å². The predicted octanol–water partition coefficient (Wildman–Crippen LogP) is 3.21. The average molecular weight is 565 g/mol. The molecule has 0 atom stereocenters. The molecule has 1 aliphatic rings. The molecule has 0 aromatic rings. The molecule has 8 heteroatoms. The van der Waals surface area contributed by atoms with Crippen molar-refractivity contribution in [2.45, 2.75) is 61.8 Å². The van der Waals surface area contributed by atoms with Crippen molar-refractivity contribution in [1.82, 2.24) is 0 Å². The van der Waals surface area contributed by atoms with E-state index in [1.807, 2.05) is 0 Å². The fourth-order valence-electron chi connectivity index (χ4n) is 0.898. The normalized spacial score (nSPS) is 7.83. The minimum atomic E-state index is 0. The topological polar surface area (TPSA) is 130 Å². The molecule has 1 fully saturated rings. The van der Waals surface area contributed by atoms with Crippen molar-refractivity contribution in [3.8, 4) is 0 Å². The van der Waals surface area contributed by atoms with Gasteiger partial charge in [0.25, 0.3) is 0 Å². The summed E-state index contributed by atoms with van der Waals surface area (Å²) >= 11 is 0. The Morgan fingerprint density at radius 1 is 0.609 bits per heavy atom. The van der Waals surface area contributed by atoms with Gasteiger partial charge in [0.15, 0.2) is 0 Å². The molecule has 1 rings (SSSR count). The van der Waals surface area contributed by atoms with Gasteiger partial charge in [0, 0.05) is 105 Å². The van der Waals surface area contributed by atoms with Gasteiger partial charge >= 0.3 is 0 Å². The largest absolute Gasteiger partial charge is 0.486 e. The van der Waals surface area contributed by atoms with Gasteiger partial charge in [-0.25, -0.2) is 0 Å². The second-order valence-electron chi connectivity index (χ2n) is 2.16. The maximum Gasteiger partial charge on any atom is 0.0403 e. The van der Waals surface area contributed by atoms with Gasteiger partial charge in [-0.3, -0.25) is 21.1 Å². The molecule has 147 valence electrons. The van der Waals surface area contributed by atoms with E-state index in [4.69, 9.17) is 0 Å². The molecule has 0 aromatic heterocycles. The number of hydrogen-bond acceptors (Lipinski definition) is 5. The molecule has 10 N–H and O–H groups in total. The van der Waals surface area contributed by atoms with Crippen LogP contribution in [0.25, 0.3) is 0 Å². The van der Waals surface area contributed by atoms with Crippen molar-refractivity contribution in [3.05, 3.63) is 35.0 Å². The summed E-state index contributed by atoms with van der Waals surface area (Å²) in [6.07, 6.45) is 9.50. The van der Waals surface area contributed by atoms with E-state index < -0.39 is 0 Å². The predicted molar refractivity (Wildman–Crippen MR) is 103 cm³/mol. The third-order valence-corrected chi connectivity index (χ3v) is 1.32. The Morgan fingerprint density at radius 2 is 0.783 bits per heavy atom. The first kappa shape index (κ1) is 82.7. The molecule has 0 saturated heterocycles. The van der Waals surface area contributed by atoms with Crippen LogP contribution >= 0.6 is 0 Å². The van der Waals surface area contributed by atoms with Gasteiger partial charge in [-0.05, 0) is 0 Å². The van der Waals surface area contributed by atoms with Crippen LogP contribution in [0.3, 0.4) is 0 Å². The first-order valence-corrected chi connectivity index (χ1v) is 4.86. The van der Waals surface area contributed by atoms with Crippen LogP contribution in [-0.2, 0) is 98.1 Å². The van der Waals surface area contributed by atoms with Crippen LogP contribution in [0.2, 0.25) is 0 Å². The minimum absolute atomic E-state index is 0. The minimum Gasteiger partial charge on any atom is -0.486 e. The standard InChI is InChI=1S/C6H11.CH6N2.3CH4N.4CH4.CH3.3Y/c1-2-4-6-5-3-1;2-1-3;3*1-2;;;;;;;;/h1H,2-6H2;1-3H2;3*1-2H2;4*1H4;1H3;;;/q-1;;3*-1;;;;;-1;;;. The maximum absolute atomic E-state index is 4.62. The van der Waals surface area contributed by atoms with E-state index in [0.29, 0.717) is 0 Å². The summed E-state index contributed by atoms with van der Waals surface area (Å²) in [7, 11) is 8.25. The molecule has 0 heterocycles. The van der Waals surface area contributed by atoms with Gasteiger partial charge in [-0.1, -0.05) is 49.0 Å². The summed E-state index contributed by atoms with van der Waals surface area (Å²) in [5.74, 6) is 0. The van der Waals surface area contributed by atoms with Crippen molar-refractivity contribution < 1.29 is 98.1 Å². The van der Waals surface area contributed by atoms with E-state index in [-0.39, 0.29) is 142 Å². The van der Waals surface area contributed by atoms with Crippen molar-refractivity contribution in [1.29, 1.82) is 0 Å². The number of nitrogens with two attached hydrogens (primary N) is 5. The van der Waals surface area contributed by atoms with Gasteiger partial charge < -0.3 is 42.5 Å². The molecule has 23 heavy (non-hydrogen) atoms. The zero-order chi connectivity index (χ0) is 12.9. The average Bonchev–Trinajstić information content (AvgIpc) is 2.40. The zero-order valence-electron chi connectivity index (χ0n) is 12.6.